The van der Waals surface area contributed by atoms with Crippen molar-refractivity contribution in [3.8, 4) is 6.07 Å². The number of aliphatic hydroxyl groups is 2. The van der Waals surface area contributed by atoms with Gasteiger partial charge in [-0.2, -0.15) is 5.26 Å². The first-order valence-corrected chi connectivity index (χ1v) is 11.6. The number of rotatable bonds is 8. The molecule has 2 rings (SSSR count). The third-order valence-electron chi connectivity index (χ3n) is 4.52. The van der Waals surface area contributed by atoms with Crippen molar-refractivity contribution in [2.24, 2.45) is 0 Å². The average molecular weight is 490 g/mol. The summed E-state index contributed by atoms with van der Waals surface area (Å²) in [5.41, 5.74) is 1.93. The van der Waals surface area contributed by atoms with E-state index >= 15 is 0 Å². The van der Waals surface area contributed by atoms with Crippen LogP contribution in [-0.4, -0.2) is 57.8 Å². The first kappa shape index (κ1) is 30.9. The zero-order chi connectivity index (χ0) is 25.9. The molecular formula is C24H35N5O4S. The summed E-state index contributed by atoms with van der Waals surface area (Å²) in [5.74, 6) is -0.345. The van der Waals surface area contributed by atoms with Crippen molar-refractivity contribution in [2.45, 2.75) is 51.9 Å². The van der Waals surface area contributed by atoms with E-state index in [9.17, 15) is 14.7 Å². The standard InChI is InChI=1S/C12H13N3O.C8H15NO3.C4H7NS/c1-10(15-9-16)11-3-5-12(6-4-11)14-8-2-7-13;1-6(10)7(11)8(12)9-4-2-3-5-9;1-3-6-4(2)5/h2-6,8-10,14H,1H3,(H,15,16);6-7,10-11H,2-5H2,1H3;3,5H,1H2,2H3/b8-2-;;. The molecule has 3 atom stereocenters. The Morgan fingerprint density at radius 2 is 1.85 bits per heavy atom. The van der Waals surface area contributed by atoms with Crippen molar-refractivity contribution >= 4 is 34.8 Å². The average Bonchev–Trinajstić information content (AvgIpc) is 3.34. The van der Waals surface area contributed by atoms with Crippen LogP contribution in [-0.2, 0) is 9.59 Å². The topological polar surface area (TPSA) is 150 Å². The van der Waals surface area contributed by atoms with Crippen LogP contribution in [0.3, 0.4) is 0 Å². The Balaban J connectivity index is 0.000000532. The Hall–Kier alpha value is -3.13. The first-order valence-electron chi connectivity index (χ1n) is 10.8. The number of allylic oxidation sites excluding steroid dienone is 1. The molecule has 0 spiro atoms. The maximum Gasteiger partial charge on any atom is 0.254 e. The molecule has 186 valence electrons. The number of hydrogen-bond acceptors (Lipinski definition) is 8. The van der Waals surface area contributed by atoms with Crippen LogP contribution in [0.1, 0.15) is 45.2 Å². The lowest BCUT2D eigenvalue weighted by Crippen LogP contribution is -2.42. The minimum Gasteiger partial charge on any atom is -0.390 e. The van der Waals surface area contributed by atoms with Gasteiger partial charge in [-0.05, 0) is 56.7 Å². The van der Waals surface area contributed by atoms with Crippen molar-refractivity contribution in [2.75, 3.05) is 18.4 Å². The van der Waals surface area contributed by atoms with Crippen LogP contribution in [0, 0.1) is 16.7 Å². The van der Waals surface area contributed by atoms with Gasteiger partial charge in [0.1, 0.15) is 0 Å². The van der Waals surface area contributed by atoms with E-state index in [0.29, 0.717) is 24.5 Å². The highest BCUT2D eigenvalue weighted by molar-refractivity contribution is 8.16. The first-order chi connectivity index (χ1) is 16.2. The fraction of sp³-hybridized carbons (Fsp3) is 0.417. The molecule has 5 N–H and O–H groups in total. The number of aliphatic hydroxyl groups excluding tert-OH is 2. The van der Waals surface area contributed by atoms with Gasteiger partial charge in [-0.3, -0.25) is 15.0 Å². The largest absolute Gasteiger partial charge is 0.390 e. The molecule has 1 heterocycles. The maximum atomic E-state index is 11.3. The smallest absolute Gasteiger partial charge is 0.254 e. The predicted octanol–water partition coefficient (Wildman–Crippen LogP) is 3.15. The van der Waals surface area contributed by atoms with E-state index in [4.69, 9.17) is 15.8 Å². The summed E-state index contributed by atoms with van der Waals surface area (Å²) >= 11 is 1.33. The Morgan fingerprint density at radius 1 is 1.26 bits per heavy atom. The highest BCUT2D eigenvalue weighted by Gasteiger charge is 2.27. The number of likely N-dealkylation sites (tertiary alicyclic amines) is 1. The zero-order valence-corrected chi connectivity index (χ0v) is 20.7. The van der Waals surface area contributed by atoms with Gasteiger partial charge in [0.05, 0.1) is 23.3 Å². The van der Waals surface area contributed by atoms with Crippen molar-refractivity contribution in [1.29, 1.82) is 10.7 Å². The molecule has 0 aromatic heterocycles. The Labute approximate surface area is 206 Å². The van der Waals surface area contributed by atoms with E-state index in [0.717, 1.165) is 24.1 Å². The summed E-state index contributed by atoms with van der Waals surface area (Å²) in [6.45, 7) is 9.90. The number of amides is 2. The molecule has 1 fully saturated rings. The van der Waals surface area contributed by atoms with Crippen LogP contribution in [0.25, 0.3) is 0 Å². The summed E-state index contributed by atoms with van der Waals surface area (Å²) in [6.07, 6.45) is 3.40. The molecule has 0 aliphatic carbocycles. The van der Waals surface area contributed by atoms with Crippen LogP contribution in [0.4, 0.5) is 5.69 Å². The van der Waals surface area contributed by atoms with Gasteiger partial charge >= 0.3 is 0 Å². The number of thioether (sulfide) groups is 1. The molecule has 0 bridgehead atoms. The van der Waals surface area contributed by atoms with Crippen LogP contribution in [0.5, 0.6) is 0 Å². The number of hydrogen-bond donors (Lipinski definition) is 5. The highest BCUT2D eigenvalue weighted by atomic mass is 32.2. The Kier molecular flexibility index (Phi) is 16.6. The lowest BCUT2D eigenvalue weighted by atomic mass is 10.1. The minimum absolute atomic E-state index is 0.00111. The summed E-state index contributed by atoms with van der Waals surface area (Å²) < 4.78 is 0. The highest BCUT2D eigenvalue weighted by Crippen LogP contribution is 2.15. The molecule has 1 aliphatic rings. The van der Waals surface area contributed by atoms with Gasteiger partial charge in [-0.1, -0.05) is 30.5 Å². The van der Waals surface area contributed by atoms with E-state index in [1.807, 2.05) is 37.3 Å². The SMILES string of the molecule is C=CSC(C)=N.CC(NC=O)c1ccc(N/C=C\C#N)cc1.CC(O)C(O)C(=O)N1CCCC1. The third-order valence-corrected chi connectivity index (χ3v) is 5.04. The van der Waals surface area contributed by atoms with Gasteiger partial charge in [-0.15, -0.1) is 0 Å². The van der Waals surface area contributed by atoms with E-state index in [1.165, 1.54) is 24.8 Å². The van der Waals surface area contributed by atoms with Gasteiger partial charge < -0.3 is 25.7 Å². The lowest BCUT2D eigenvalue weighted by molar-refractivity contribution is -0.144. The second-order valence-corrected chi connectivity index (χ2v) is 8.47. The molecule has 1 aromatic rings. The Morgan fingerprint density at radius 3 is 2.26 bits per heavy atom. The number of nitrogens with zero attached hydrogens (tertiary/aromatic N) is 2. The van der Waals surface area contributed by atoms with Crippen LogP contribution in [0.15, 0.2) is 48.5 Å². The maximum absolute atomic E-state index is 11.3. The van der Waals surface area contributed by atoms with Crippen molar-refractivity contribution in [3.63, 3.8) is 0 Å². The third kappa shape index (κ3) is 13.4. The second-order valence-electron chi connectivity index (χ2n) is 7.29. The number of nitrogens with one attached hydrogen (secondary N) is 3. The Bertz CT molecular complexity index is 827. The van der Waals surface area contributed by atoms with Gasteiger partial charge in [0.2, 0.25) is 6.41 Å². The predicted molar refractivity (Wildman–Crippen MR) is 137 cm³/mol. The van der Waals surface area contributed by atoms with Crippen molar-refractivity contribution < 1.29 is 19.8 Å². The van der Waals surface area contributed by atoms with Crippen molar-refractivity contribution in [3.05, 3.63) is 54.1 Å². The minimum atomic E-state index is -1.25. The van der Waals surface area contributed by atoms with Gasteiger partial charge in [-0.25, -0.2) is 0 Å². The fourth-order valence-corrected chi connectivity index (χ4v) is 2.95. The molecule has 1 aromatic carbocycles. The van der Waals surface area contributed by atoms with E-state index in [2.05, 4.69) is 17.2 Å². The number of nitriles is 1. The molecule has 2 amide bonds. The lowest BCUT2D eigenvalue weighted by Gasteiger charge is -2.20. The molecule has 3 unspecified atom stereocenters. The molecule has 34 heavy (non-hydrogen) atoms. The molecule has 10 heteroatoms. The normalized spacial score (nSPS) is 14.8. The molecule has 0 radical (unpaired) electrons. The fourth-order valence-electron chi connectivity index (χ4n) is 2.70. The quantitative estimate of drug-likeness (QED) is 0.163. The molecular weight excluding hydrogens is 454 g/mol. The molecule has 1 saturated heterocycles. The van der Waals surface area contributed by atoms with E-state index < -0.39 is 12.2 Å². The second kappa shape index (κ2) is 18.3. The molecule has 9 nitrogen and oxygen atoms in total. The van der Waals surface area contributed by atoms with Gasteiger partial charge in [0.25, 0.3) is 5.91 Å². The number of anilines is 1. The van der Waals surface area contributed by atoms with Crippen LogP contribution in [0.2, 0.25) is 0 Å². The monoisotopic (exact) mass is 489 g/mol. The number of carbonyl (C=O) groups is 2. The van der Waals surface area contributed by atoms with E-state index in [-0.39, 0.29) is 11.9 Å². The van der Waals surface area contributed by atoms with Crippen molar-refractivity contribution in [1.82, 2.24) is 10.2 Å². The number of benzene rings is 1. The van der Waals surface area contributed by atoms with Crippen LogP contribution >= 0.6 is 11.8 Å². The summed E-state index contributed by atoms with van der Waals surface area (Å²) in [4.78, 5) is 23.2. The van der Waals surface area contributed by atoms with Gasteiger partial charge in [0, 0.05) is 31.1 Å². The molecule has 1 aliphatic heterocycles. The summed E-state index contributed by atoms with van der Waals surface area (Å²) in [7, 11) is 0. The zero-order valence-electron chi connectivity index (χ0n) is 19.9. The van der Waals surface area contributed by atoms with E-state index in [1.54, 1.807) is 23.4 Å². The summed E-state index contributed by atoms with van der Waals surface area (Å²) in [6, 6.07) is 9.51. The van der Waals surface area contributed by atoms with Crippen LogP contribution < -0.4 is 10.6 Å². The van der Waals surface area contributed by atoms with Gasteiger partial charge in [0.15, 0.2) is 6.10 Å². The summed E-state index contributed by atoms with van der Waals surface area (Å²) in [5, 5.41) is 41.1. The molecule has 0 saturated carbocycles. The number of carbonyl (C=O) groups excluding carboxylic acids is 2.